The molecule has 0 spiro atoms. The van der Waals surface area contributed by atoms with Crippen LogP contribution in [0, 0.1) is 20.8 Å². The molecule has 5 heteroatoms. The fraction of sp³-hybridized carbons (Fsp3) is 0.240. The number of aromatic nitrogens is 3. The van der Waals surface area contributed by atoms with Crippen LogP contribution in [-0.2, 0) is 0 Å². The zero-order valence-electron chi connectivity index (χ0n) is 18.0. The first-order valence-electron chi connectivity index (χ1n) is 10.2. The van der Waals surface area contributed by atoms with Crippen LogP contribution in [0.1, 0.15) is 52.4 Å². The molecule has 0 aliphatic carbocycles. The van der Waals surface area contributed by atoms with Crippen molar-refractivity contribution in [3.63, 3.8) is 0 Å². The van der Waals surface area contributed by atoms with Crippen LogP contribution < -0.4 is 5.32 Å². The van der Waals surface area contributed by atoms with E-state index in [1.807, 2.05) is 63.2 Å². The first kappa shape index (κ1) is 19.8. The molecule has 4 rings (SSSR count). The maximum atomic E-state index is 12.8. The van der Waals surface area contributed by atoms with E-state index < -0.39 is 0 Å². The molecule has 3 aromatic carbocycles. The Kier molecular flexibility index (Phi) is 5.12. The van der Waals surface area contributed by atoms with Crippen LogP contribution in [0.25, 0.3) is 16.7 Å². The number of nitrogens with one attached hydrogen (secondary N) is 1. The summed E-state index contributed by atoms with van der Waals surface area (Å²) in [5.41, 5.74) is 8.19. The van der Waals surface area contributed by atoms with Crippen molar-refractivity contribution in [1.29, 1.82) is 0 Å². The molecule has 30 heavy (non-hydrogen) atoms. The summed E-state index contributed by atoms with van der Waals surface area (Å²) >= 11 is 0. The van der Waals surface area contributed by atoms with Crippen LogP contribution in [0.3, 0.4) is 0 Å². The molecule has 1 amide bonds. The Bertz CT molecular complexity index is 1240. The summed E-state index contributed by atoms with van der Waals surface area (Å²) in [6, 6.07) is 18.0. The van der Waals surface area contributed by atoms with E-state index in [9.17, 15) is 4.79 Å². The molecule has 0 radical (unpaired) electrons. The molecular weight excluding hydrogens is 372 g/mol. The number of amides is 1. The fourth-order valence-corrected chi connectivity index (χ4v) is 3.57. The number of carbonyl (C=O) groups excluding carboxylic acids is 1. The molecular formula is C25H26N4O. The van der Waals surface area contributed by atoms with Gasteiger partial charge in [0.15, 0.2) is 0 Å². The Morgan fingerprint density at radius 2 is 1.53 bits per heavy atom. The molecule has 0 saturated carbocycles. The highest BCUT2D eigenvalue weighted by atomic mass is 16.1. The molecule has 0 aliphatic rings. The Hall–Kier alpha value is -3.47. The number of aryl methyl sites for hydroxylation is 3. The van der Waals surface area contributed by atoms with Crippen molar-refractivity contribution in [3.8, 4) is 5.69 Å². The highest BCUT2D eigenvalue weighted by Crippen LogP contribution is 2.24. The van der Waals surface area contributed by atoms with Gasteiger partial charge in [0.1, 0.15) is 11.0 Å². The van der Waals surface area contributed by atoms with E-state index in [1.54, 1.807) is 4.80 Å². The van der Waals surface area contributed by atoms with Gasteiger partial charge in [-0.15, -0.1) is 10.2 Å². The molecule has 0 saturated heterocycles. The predicted octanol–water partition coefficient (Wildman–Crippen LogP) is 5.72. The zero-order chi connectivity index (χ0) is 21.4. The van der Waals surface area contributed by atoms with Crippen LogP contribution in [0.15, 0.2) is 54.6 Å². The van der Waals surface area contributed by atoms with Gasteiger partial charge in [0, 0.05) is 11.3 Å². The molecule has 0 unspecified atom stereocenters. The number of hydrogen-bond donors (Lipinski definition) is 1. The third kappa shape index (κ3) is 3.83. The van der Waals surface area contributed by atoms with E-state index in [1.165, 1.54) is 5.56 Å². The lowest BCUT2D eigenvalue weighted by Crippen LogP contribution is -2.14. The molecule has 1 N–H and O–H groups in total. The van der Waals surface area contributed by atoms with E-state index in [4.69, 9.17) is 0 Å². The lowest BCUT2D eigenvalue weighted by atomic mass is 10.0. The Morgan fingerprint density at radius 1 is 0.867 bits per heavy atom. The van der Waals surface area contributed by atoms with Gasteiger partial charge in [-0.1, -0.05) is 43.7 Å². The van der Waals surface area contributed by atoms with Gasteiger partial charge in [-0.2, -0.15) is 4.80 Å². The fourth-order valence-electron chi connectivity index (χ4n) is 3.57. The van der Waals surface area contributed by atoms with Gasteiger partial charge in [-0.3, -0.25) is 4.79 Å². The summed E-state index contributed by atoms with van der Waals surface area (Å²) in [6.45, 7) is 10.3. The number of benzene rings is 3. The largest absolute Gasteiger partial charge is 0.322 e. The first-order valence-corrected chi connectivity index (χ1v) is 10.2. The van der Waals surface area contributed by atoms with Crippen molar-refractivity contribution in [2.24, 2.45) is 0 Å². The Balaban J connectivity index is 1.64. The first-order chi connectivity index (χ1) is 14.3. The van der Waals surface area contributed by atoms with E-state index in [0.717, 1.165) is 39.1 Å². The van der Waals surface area contributed by atoms with E-state index in [2.05, 4.69) is 41.5 Å². The smallest absolute Gasteiger partial charge is 0.255 e. The summed E-state index contributed by atoms with van der Waals surface area (Å²) < 4.78 is 0. The maximum absolute atomic E-state index is 12.8. The van der Waals surface area contributed by atoms with Crippen molar-refractivity contribution < 1.29 is 4.79 Å². The summed E-state index contributed by atoms with van der Waals surface area (Å²) in [4.78, 5) is 14.4. The number of nitrogens with zero attached hydrogens (tertiary/aromatic N) is 3. The number of anilines is 1. The van der Waals surface area contributed by atoms with Crippen LogP contribution in [-0.4, -0.2) is 20.9 Å². The van der Waals surface area contributed by atoms with Crippen LogP contribution in [0.2, 0.25) is 0 Å². The lowest BCUT2D eigenvalue weighted by Gasteiger charge is -2.10. The van der Waals surface area contributed by atoms with Crippen molar-refractivity contribution in [3.05, 3.63) is 82.4 Å². The normalized spacial score (nSPS) is 11.3. The average molecular weight is 399 g/mol. The SMILES string of the molecule is Cc1ccc(C(=O)Nc2cc3nn(-c4ccc(C(C)C)cc4)nc3cc2C)c(C)c1. The van der Waals surface area contributed by atoms with Crippen LogP contribution >= 0.6 is 0 Å². The van der Waals surface area contributed by atoms with Crippen molar-refractivity contribution in [2.45, 2.75) is 40.5 Å². The number of carbonyl (C=O) groups is 1. The van der Waals surface area contributed by atoms with E-state index >= 15 is 0 Å². The molecule has 5 nitrogen and oxygen atoms in total. The van der Waals surface area contributed by atoms with Crippen molar-refractivity contribution in [1.82, 2.24) is 15.0 Å². The van der Waals surface area contributed by atoms with Crippen LogP contribution in [0.4, 0.5) is 5.69 Å². The monoisotopic (exact) mass is 398 g/mol. The molecule has 1 heterocycles. The Labute approximate surface area is 176 Å². The topological polar surface area (TPSA) is 59.8 Å². The standard InChI is InChI=1S/C25H26N4O/c1-15(2)19-7-9-20(10-8-19)29-27-23-13-18(5)22(14-24(23)28-29)26-25(30)21-11-6-16(3)12-17(21)4/h6-15H,1-5H3,(H,26,30). The van der Waals surface area contributed by atoms with Crippen molar-refractivity contribution in [2.75, 3.05) is 5.32 Å². The zero-order valence-corrected chi connectivity index (χ0v) is 18.0. The molecule has 0 bridgehead atoms. The molecule has 4 aromatic rings. The second-order valence-electron chi connectivity index (χ2n) is 8.16. The minimum absolute atomic E-state index is 0.119. The van der Waals surface area contributed by atoms with Gasteiger partial charge < -0.3 is 5.32 Å². The highest BCUT2D eigenvalue weighted by Gasteiger charge is 2.13. The van der Waals surface area contributed by atoms with Gasteiger partial charge in [-0.05, 0) is 73.7 Å². The second-order valence-corrected chi connectivity index (χ2v) is 8.16. The lowest BCUT2D eigenvalue weighted by molar-refractivity contribution is 0.102. The van der Waals surface area contributed by atoms with Gasteiger partial charge >= 0.3 is 0 Å². The summed E-state index contributed by atoms with van der Waals surface area (Å²) in [7, 11) is 0. The van der Waals surface area contributed by atoms with Gasteiger partial charge in [-0.25, -0.2) is 0 Å². The minimum atomic E-state index is -0.119. The van der Waals surface area contributed by atoms with Gasteiger partial charge in [0.2, 0.25) is 0 Å². The third-order valence-corrected chi connectivity index (χ3v) is 5.39. The minimum Gasteiger partial charge on any atom is -0.322 e. The molecule has 0 fully saturated rings. The Morgan fingerprint density at radius 3 is 2.17 bits per heavy atom. The maximum Gasteiger partial charge on any atom is 0.255 e. The van der Waals surface area contributed by atoms with Crippen LogP contribution in [0.5, 0.6) is 0 Å². The molecule has 1 aromatic heterocycles. The van der Waals surface area contributed by atoms with Gasteiger partial charge in [0.05, 0.1) is 5.69 Å². The van der Waals surface area contributed by atoms with Gasteiger partial charge in [0.25, 0.3) is 5.91 Å². The number of rotatable bonds is 4. The highest BCUT2D eigenvalue weighted by molar-refractivity contribution is 6.06. The summed E-state index contributed by atoms with van der Waals surface area (Å²) in [6.07, 6.45) is 0. The predicted molar refractivity (Wildman–Crippen MR) is 122 cm³/mol. The average Bonchev–Trinajstić information content (AvgIpc) is 3.11. The number of hydrogen-bond acceptors (Lipinski definition) is 3. The van der Waals surface area contributed by atoms with E-state index in [0.29, 0.717) is 11.5 Å². The number of fused-ring (bicyclic) bond motifs is 1. The molecule has 0 aliphatic heterocycles. The van der Waals surface area contributed by atoms with E-state index in [-0.39, 0.29) is 5.91 Å². The van der Waals surface area contributed by atoms with Crippen molar-refractivity contribution >= 4 is 22.6 Å². The summed E-state index contributed by atoms with van der Waals surface area (Å²) in [5, 5.41) is 12.3. The molecule has 0 atom stereocenters. The third-order valence-electron chi connectivity index (χ3n) is 5.39. The quantitative estimate of drug-likeness (QED) is 0.478. The summed E-state index contributed by atoms with van der Waals surface area (Å²) in [5.74, 6) is 0.362. The second kappa shape index (κ2) is 7.75. The molecule has 152 valence electrons.